The monoisotopic (exact) mass is 501 g/mol. The highest BCUT2D eigenvalue weighted by atomic mass is 35.5. The first-order valence-corrected chi connectivity index (χ1v) is 12.6. The zero-order chi connectivity index (χ0) is 24.7. The highest BCUT2D eigenvalue weighted by molar-refractivity contribution is 7.12. The van der Waals surface area contributed by atoms with Crippen LogP contribution in [0.4, 0.5) is 11.4 Å². The number of carbonyl (C=O) groups excluding carboxylic acids is 2. The molecule has 0 saturated heterocycles. The van der Waals surface area contributed by atoms with E-state index in [0.717, 1.165) is 39.5 Å². The molecule has 1 aliphatic rings. The highest BCUT2D eigenvalue weighted by Gasteiger charge is 2.28. The number of benzene rings is 3. The Hall–Kier alpha value is -3.48. The van der Waals surface area contributed by atoms with E-state index < -0.39 is 0 Å². The van der Waals surface area contributed by atoms with E-state index in [-0.39, 0.29) is 11.8 Å². The summed E-state index contributed by atoms with van der Waals surface area (Å²) in [6.45, 7) is 6.39. The minimum atomic E-state index is -0.211. The first-order valence-electron chi connectivity index (χ1n) is 11.4. The Kier molecular flexibility index (Phi) is 6.17. The van der Waals surface area contributed by atoms with Crippen LogP contribution in [-0.2, 0) is 6.42 Å². The molecule has 5 rings (SSSR count). The Balaban J connectivity index is 1.42. The second-order valence-electron chi connectivity index (χ2n) is 8.70. The van der Waals surface area contributed by atoms with Gasteiger partial charge in [-0.1, -0.05) is 47.5 Å². The van der Waals surface area contributed by atoms with Crippen molar-refractivity contribution in [2.75, 3.05) is 16.8 Å². The fourth-order valence-electron chi connectivity index (χ4n) is 4.39. The summed E-state index contributed by atoms with van der Waals surface area (Å²) in [6, 6.07) is 18.6. The van der Waals surface area contributed by atoms with E-state index >= 15 is 0 Å². The lowest BCUT2D eigenvalue weighted by Crippen LogP contribution is -2.32. The Morgan fingerprint density at radius 1 is 1.00 bits per heavy atom. The van der Waals surface area contributed by atoms with Gasteiger partial charge in [-0.2, -0.15) is 0 Å². The average molecular weight is 502 g/mol. The maximum atomic E-state index is 13.7. The molecule has 0 bridgehead atoms. The summed E-state index contributed by atoms with van der Waals surface area (Å²) >= 11 is 8.25. The first kappa shape index (κ1) is 23.3. The van der Waals surface area contributed by atoms with Crippen molar-refractivity contribution < 1.29 is 9.59 Å². The van der Waals surface area contributed by atoms with Crippen molar-refractivity contribution in [3.63, 3.8) is 0 Å². The van der Waals surface area contributed by atoms with Crippen molar-refractivity contribution in [3.8, 4) is 11.3 Å². The lowest BCUT2D eigenvalue weighted by molar-refractivity contribution is 0.0986. The van der Waals surface area contributed by atoms with Crippen molar-refractivity contribution in [2.45, 2.75) is 27.2 Å². The lowest BCUT2D eigenvalue weighted by Gasteiger charge is -2.23. The number of hydrogen-bond acceptors (Lipinski definition) is 4. The average Bonchev–Trinajstić information content (AvgIpc) is 3.14. The minimum absolute atomic E-state index is 0.179. The van der Waals surface area contributed by atoms with Crippen LogP contribution in [0.3, 0.4) is 0 Å². The normalized spacial score (nSPS) is 12.5. The van der Waals surface area contributed by atoms with E-state index in [0.29, 0.717) is 28.4 Å². The fraction of sp³-hybridized carbons (Fsp3) is 0.179. The molecule has 2 heterocycles. The Bertz CT molecular complexity index is 1480. The zero-order valence-corrected chi connectivity index (χ0v) is 21.3. The maximum absolute atomic E-state index is 13.7. The zero-order valence-electron chi connectivity index (χ0n) is 19.7. The van der Waals surface area contributed by atoms with Crippen LogP contribution >= 0.6 is 22.9 Å². The molecule has 0 atom stereocenters. The van der Waals surface area contributed by atoms with E-state index in [4.69, 9.17) is 16.6 Å². The number of rotatable bonds is 3. The van der Waals surface area contributed by atoms with Gasteiger partial charge in [0, 0.05) is 34.7 Å². The lowest BCUT2D eigenvalue weighted by atomic mass is 10.0. The third-order valence-electron chi connectivity index (χ3n) is 6.16. The molecule has 0 radical (unpaired) electrons. The molecule has 1 aliphatic heterocycles. The number of aromatic nitrogens is 1. The quantitative estimate of drug-likeness (QED) is 0.334. The van der Waals surface area contributed by atoms with Gasteiger partial charge in [-0.05, 0) is 56.7 Å². The molecule has 1 aromatic heterocycles. The van der Waals surface area contributed by atoms with Crippen molar-refractivity contribution >= 4 is 46.1 Å². The molecule has 0 spiro atoms. The van der Waals surface area contributed by atoms with E-state index in [1.54, 1.807) is 34.4 Å². The Morgan fingerprint density at radius 2 is 1.80 bits per heavy atom. The number of para-hydroxylation sites is 1. The number of nitrogens with one attached hydrogen (secondary N) is 1. The summed E-state index contributed by atoms with van der Waals surface area (Å²) in [5.41, 5.74) is 6.17. The minimum Gasteiger partial charge on any atom is -0.322 e. The van der Waals surface area contributed by atoms with Crippen LogP contribution in [0.25, 0.3) is 11.3 Å². The number of hydrogen-bond donors (Lipinski definition) is 1. The van der Waals surface area contributed by atoms with Gasteiger partial charge in [0.2, 0.25) is 0 Å². The van der Waals surface area contributed by atoms with Gasteiger partial charge in [-0.25, -0.2) is 4.98 Å². The van der Waals surface area contributed by atoms with Crippen LogP contribution in [0.5, 0.6) is 0 Å². The number of fused-ring (bicyclic) bond motifs is 3. The second-order valence-corrected chi connectivity index (χ2v) is 10.4. The fourth-order valence-corrected chi connectivity index (χ4v) is 5.59. The Labute approximate surface area is 213 Å². The van der Waals surface area contributed by atoms with Crippen LogP contribution in [0.2, 0.25) is 5.02 Å². The SMILES string of the molecule is Cc1ccc(C)c(C(=O)Nc2ccc(C(=O)N3CCc4sc(C)nc4-c4ccccc43)c(Cl)c2)c1. The number of aryl methyl sites for hydroxylation is 3. The molecule has 0 unspecified atom stereocenters. The molecular weight excluding hydrogens is 478 g/mol. The third-order valence-corrected chi connectivity index (χ3v) is 7.50. The molecule has 0 fully saturated rings. The maximum Gasteiger partial charge on any atom is 0.259 e. The summed E-state index contributed by atoms with van der Waals surface area (Å²) in [4.78, 5) is 34.1. The van der Waals surface area contributed by atoms with Crippen LogP contribution in [-0.4, -0.2) is 23.3 Å². The van der Waals surface area contributed by atoms with Gasteiger partial charge >= 0.3 is 0 Å². The van der Waals surface area contributed by atoms with Gasteiger partial charge in [-0.3, -0.25) is 9.59 Å². The van der Waals surface area contributed by atoms with Gasteiger partial charge in [0.25, 0.3) is 11.8 Å². The molecule has 0 saturated carbocycles. The number of thiazole rings is 1. The predicted molar refractivity (Wildman–Crippen MR) is 143 cm³/mol. The topological polar surface area (TPSA) is 62.3 Å². The predicted octanol–water partition coefficient (Wildman–Crippen LogP) is 6.84. The van der Waals surface area contributed by atoms with Crippen molar-refractivity contribution in [1.82, 2.24) is 4.98 Å². The van der Waals surface area contributed by atoms with Gasteiger partial charge in [-0.15, -0.1) is 11.3 Å². The molecule has 35 heavy (non-hydrogen) atoms. The molecule has 7 heteroatoms. The van der Waals surface area contributed by atoms with Crippen LogP contribution in [0.15, 0.2) is 60.7 Å². The van der Waals surface area contributed by atoms with Crippen molar-refractivity contribution in [3.05, 3.63) is 97.8 Å². The van der Waals surface area contributed by atoms with Crippen LogP contribution < -0.4 is 10.2 Å². The molecule has 3 aromatic carbocycles. The summed E-state index contributed by atoms with van der Waals surface area (Å²) in [7, 11) is 0. The van der Waals surface area contributed by atoms with Gasteiger partial charge < -0.3 is 10.2 Å². The molecule has 2 amide bonds. The summed E-state index contributed by atoms with van der Waals surface area (Å²) in [5.74, 6) is -0.390. The van der Waals surface area contributed by atoms with Crippen molar-refractivity contribution in [2.24, 2.45) is 0 Å². The second kappa shape index (κ2) is 9.29. The van der Waals surface area contributed by atoms with E-state index in [9.17, 15) is 9.59 Å². The standard InChI is InChI=1S/C28H24ClN3O2S/c1-16-8-9-17(2)22(14-16)27(33)31-19-10-11-20(23(29)15-19)28(34)32-13-12-25-26(30-18(3)35-25)21-6-4-5-7-24(21)32/h4-11,14-15H,12-13H2,1-3H3,(H,31,33). The molecular formula is C28H24ClN3O2S. The van der Waals surface area contributed by atoms with E-state index in [1.807, 2.05) is 63.2 Å². The first-order chi connectivity index (χ1) is 16.8. The summed E-state index contributed by atoms with van der Waals surface area (Å²) < 4.78 is 0. The van der Waals surface area contributed by atoms with Gasteiger partial charge in [0.1, 0.15) is 0 Å². The molecule has 1 N–H and O–H groups in total. The van der Waals surface area contributed by atoms with E-state index in [1.165, 1.54) is 4.88 Å². The molecule has 176 valence electrons. The summed E-state index contributed by atoms with van der Waals surface area (Å²) in [6.07, 6.45) is 0.725. The molecule has 0 aliphatic carbocycles. The van der Waals surface area contributed by atoms with Crippen LogP contribution in [0.1, 0.15) is 41.7 Å². The smallest absolute Gasteiger partial charge is 0.259 e. The van der Waals surface area contributed by atoms with Gasteiger partial charge in [0.05, 0.1) is 27.0 Å². The number of halogens is 1. The number of carbonyl (C=O) groups is 2. The van der Waals surface area contributed by atoms with Gasteiger partial charge in [0.15, 0.2) is 0 Å². The van der Waals surface area contributed by atoms with E-state index in [2.05, 4.69) is 5.32 Å². The van der Waals surface area contributed by atoms with Crippen molar-refractivity contribution in [1.29, 1.82) is 0 Å². The largest absolute Gasteiger partial charge is 0.322 e. The number of nitrogens with zero attached hydrogens (tertiary/aromatic N) is 2. The number of anilines is 2. The molecule has 5 nitrogen and oxygen atoms in total. The number of amides is 2. The third kappa shape index (κ3) is 4.47. The van der Waals surface area contributed by atoms with Crippen LogP contribution in [0, 0.1) is 20.8 Å². The molecule has 4 aromatic rings. The Morgan fingerprint density at radius 3 is 2.60 bits per heavy atom. The highest BCUT2D eigenvalue weighted by Crippen LogP contribution is 2.39. The summed E-state index contributed by atoms with van der Waals surface area (Å²) in [5, 5.41) is 4.21.